The van der Waals surface area contributed by atoms with Gasteiger partial charge >= 0.3 is 0 Å². The van der Waals surface area contributed by atoms with Gasteiger partial charge in [0, 0.05) is 10.6 Å². The molecule has 1 fully saturated rings. The lowest BCUT2D eigenvalue weighted by Gasteiger charge is -2.24. The molecule has 6 nitrogen and oxygen atoms in total. The maximum absolute atomic E-state index is 13.4. The minimum Gasteiger partial charge on any atom is -0.271 e. The number of thioether (sulfide) groups is 1. The van der Waals surface area contributed by atoms with Gasteiger partial charge in [0.2, 0.25) is 0 Å². The average Bonchev–Trinajstić information content (AvgIpc) is 3.05. The summed E-state index contributed by atoms with van der Waals surface area (Å²) >= 11 is 1.54. The molecular formula is C23H29N3O3S2. The van der Waals surface area contributed by atoms with Gasteiger partial charge in [-0.05, 0) is 75.3 Å². The van der Waals surface area contributed by atoms with Crippen LogP contribution in [0.1, 0.15) is 44.1 Å². The summed E-state index contributed by atoms with van der Waals surface area (Å²) in [6.45, 7) is 1.59. The molecule has 3 rings (SSSR count). The van der Waals surface area contributed by atoms with E-state index in [-0.39, 0.29) is 11.4 Å². The Labute approximate surface area is 189 Å². The zero-order chi connectivity index (χ0) is 22.3. The van der Waals surface area contributed by atoms with Gasteiger partial charge < -0.3 is 0 Å². The van der Waals surface area contributed by atoms with Crippen LogP contribution in [0.2, 0.25) is 0 Å². The molecule has 0 bridgehead atoms. The highest BCUT2D eigenvalue weighted by Gasteiger charge is 2.27. The van der Waals surface area contributed by atoms with Crippen molar-refractivity contribution in [3.8, 4) is 0 Å². The van der Waals surface area contributed by atoms with Crippen LogP contribution in [0, 0.1) is 6.92 Å². The molecule has 1 amide bonds. The molecule has 1 N–H and O–H groups in total. The number of hydrogen-bond donors (Lipinski definition) is 1. The van der Waals surface area contributed by atoms with Crippen LogP contribution in [0.15, 0.2) is 63.4 Å². The maximum atomic E-state index is 13.4. The Morgan fingerprint density at radius 2 is 1.61 bits per heavy atom. The van der Waals surface area contributed by atoms with E-state index < -0.39 is 15.9 Å². The Morgan fingerprint density at radius 3 is 2.19 bits per heavy atom. The second-order valence-corrected chi connectivity index (χ2v) is 10.4. The van der Waals surface area contributed by atoms with Crippen molar-refractivity contribution in [2.24, 2.45) is 5.10 Å². The molecule has 0 aliphatic heterocycles. The van der Waals surface area contributed by atoms with Gasteiger partial charge in [0.15, 0.2) is 0 Å². The fourth-order valence-corrected chi connectivity index (χ4v) is 5.29. The molecule has 31 heavy (non-hydrogen) atoms. The van der Waals surface area contributed by atoms with Crippen molar-refractivity contribution in [3.63, 3.8) is 0 Å². The van der Waals surface area contributed by atoms with Crippen LogP contribution >= 0.6 is 11.8 Å². The molecule has 1 aliphatic rings. The van der Waals surface area contributed by atoms with E-state index in [1.165, 1.54) is 24.6 Å². The average molecular weight is 460 g/mol. The molecule has 2 aromatic carbocycles. The third-order valence-electron chi connectivity index (χ3n) is 5.28. The van der Waals surface area contributed by atoms with E-state index in [1.54, 1.807) is 36.4 Å². The normalized spacial score (nSPS) is 14.6. The number of nitrogens with zero attached hydrogens (tertiary/aromatic N) is 2. The van der Waals surface area contributed by atoms with E-state index in [9.17, 15) is 13.2 Å². The fraction of sp³-hybridized carbons (Fsp3) is 0.391. The number of sulfonamides is 1. The van der Waals surface area contributed by atoms with E-state index in [2.05, 4.69) is 10.5 Å². The number of anilines is 1. The lowest BCUT2D eigenvalue weighted by atomic mass is 10.2. The van der Waals surface area contributed by atoms with Crippen LogP contribution in [0.5, 0.6) is 0 Å². The predicted octanol–water partition coefficient (Wildman–Crippen LogP) is 4.74. The zero-order valence-corrected chi connectivity index (χ0v) is 19.6. The lowest BCUT2D eigenvalue weighted by molar-refractivity contribution is -0.119. The predicted molar refractivity (Wildman–Crippen MR) is 127 cm³/mol. The Bertz CT molecular complexity index is 1010. The molecule has 0 heterocycles. The van der Waals surface area contributed by atoms with Crippen molar-refractivity contribution >= 4 is 39.1 Å². The molecule has 0 spiro atoms. The van der Waals surface area contributed by atoms with Gasteiger partial charge in [-0.2, -0.15) is 5.10 Å². The maximum Gasteiger partial charge on any atom is 0.264 e. The number of rotatable bonds is 7. The molecule has 0 saturated heterocycles. The Morgan fingerprint density at radius 1 is 1.00 bits per heavy atom. The summed E-state index contributed by atoms with van der Waals surface area (Å²) in [5.74, 6) is -0.457. The van der Waals surface area contributed by atoms with Crippen molar-refractivity contribution in [2.45, 2.75) is 55.2 Å². The van der Waals surface area contributed by atoms with Gasteiger partial charge in [0.05, 0.1) is 10.6 Å². The molecule has 1 aliphatic carbocycles. The van der Waals surface area contributed by atoms with Crippen molar-refractivity contribution in [1.82, 2.24) is 5.43 Å². The third-order valence-corrected chi connectivity index (χ3v) is 7.81. The van der Waals surface area contributed by atoms with E-state index >= 15 is 0 Å². The van der Waals surface area contributed by atoms with Gasteiger partial charge in [-0.15, -0.1) is 11.8 Å². The van der Waals surface area contributed by atoms with Crippen LogP contribution in [-0.4, -0.2) is 32.8 Å². The quantitative estimate of drug-likeness (QED) is 0.369. The van der Waals surface area contributed by atoms with E-state index in [0.29, 0.717) is 5.69 Å². The first-order valence-corrected chi connectivity index (χ1v) is 13.1. The number of aryl methyl sites for hydroxylation is 1. The topological polar surface area (TPSA) is 78.8 Å². The SMILES string of the molecule is CSc1ccc(S(=O)(=O)N(CC(=O)NN=C2CCCCCC2)c2ccc(C)cc2)cc1. The number of hydrogen-bond acceptors (Lipinski definition) is 5. The van der Waals surface area contributed by atoms with Crippen molar-refractivity contribution in [1.29, 1.82) is 0 Å². The Hall–Kier alpha value is -2.32. The Balaban J connectivity index is 1.84. The second kappa shape index (κ2) is 10.8. The molecule has 0 radical (unpaired) electrons. The van der Waals surface area contributed by atoms with Crippen LogP contribution in [0.4, 0.5) is 5.69 Å². The molecule has 0 atom stereocenters. The first-order valence-electron chi connectivity index (χ1n) is 10.5. The Kier molecular flexibility index (Phi) is 8.15. The molecule has 0 unspecified atom stereocenters. The van der Waals surface area contributed by atoms with Crippen LogP contribution in [0.3, 0.4) is 0 Å². The summed E-state index contributed by atoms with van der Waals surface area (Å²) in [7, 11) is -3.92. The number of benzene rings is 2. The van der Waals surface area contributed by atoms with Crippen LogP contribution in [0.25, 0.3) is 0 Å². The van der Waals surface area contributed by atoms with Crippen molar-refractivity contribution in [2.75, 3.05) is 17.1 Å². The number of carbonyl (C=O) groups is 1. The molecule has 8 heteroatoms. The minimum atomic E-state index is -3.92. The fourth-order valence-electron chi connectivity index (χ4n) is 3.46. The second-order valence-electron chi connectivity index (χ2n) is 7.65. The lowest BCUT2D eigenvalue weighted by Crippen LogP contribution is -2.39. The standard InChI is InChI=1S/C23H29N3O3S2/c1-18-9-11-20(12-10-18)26(31(28,29)22-15-13-21(30-2)14-16-22)17-23(27)25-24-19-7-5-3-4-6-8-19/h9-16H,3-8,17H2,1-2H3,(H,25,27). The van der Waals surface area contributed by atoms with Gasteiger partial charge in [-0.3, -0.25) is 9.10 Å². The summed E-state index contributed by atoms with van der Waals surface area (Å²) in [6, 6.07) is 13.8. The molecular weight excluding hydrogens is 430 g/mol. The molecule has 0 aromatic heterocycles. The van der Waals surface area contributed by atoms with Gasteiger partial charge in [-0.25, -0.2) is 13.8 Å². The minimum absolute atomic E-state index is 0.147. The van der Waals surface area contributed by atoms with Crippen LogP contribution < -0.4 is 9.73 Å². The van der Waals surface area contributed by atoms with E-state index in [4.69, 9.17) is 0 Å². The largest absolute Gasteiger partial charge is 0.271 e. The van der Waals surface area contributed by atoms with Gasteiger partial charge in [0.1, 0.15) is 6.54 Å². The number of carbonyl (C=O) groups excluding carboxylic acids is 1. The molecule has 166 valence electrons. The number of amides is 1. The number of nitrogens with one attached hydrogen (secondary N) is 1. The van der Waals surface area contributed by atoms with E-state index in [1.807, 2.05) is 25.3 Å². The van der Waals surface area contributed by atoms with E-state index in [0.717, 1.165) is 46.2 Å². The van der Waals surface area contributed by atoms with Crippen molar-refractivity contribution < 1.29 is 13.2 Å². The first-order chi connectivity index (χ1) is 14.9. The van der Waals surface area contributed by atoms with Gasteiger partial charge in [-0.1, -0.05) is 30.5 Å². The molecule has 2 aromatic rings. The smallest absolute Gasteiger partial charge is 0.264 e. The monoisotopic (exact) mass is 459 g/mol. The highest BCUT2D eigenvalue weighted by Crippen LogP contribution is 2.25. The third kappa shape index (κ3) is 6.33. The van der Waals surface area contributed by atoms with Crippen molar-refractivity contribution in [3.05, 3.63) is 54.1 Å². The summed E-state index contributed by atoms with van der Waals surface area (Å²) in [5, 5.41) is 4.27. The van der Waals surface area contributed by atoms with Crippen LogP contribution in [-0.2, 0) is 14.8 Å². The highest BCUT2D eigenvalue weighted by molar-refractivity contribution is 7.98. The van der Waals surface area contributed by atoms with Gasteiger partial charge in [0.25, 0.3) is 15.9 Å². The summed E-state index contributed by atoms with van der Waals surface area (Å²) < 4.78 is 28.0. The first kappa shape index (κ1) is 23.3. The summed E-state index contributed by atoms with van der Waals surface area (Å²) in [5.41, 5.74) is 5.00. The number of hydrazone groups is 1. The summed E-state index contributed by atoms with van der Waals surface area (Å²) in [4.78, 5) is 13.8. The summed E-state index contributed by atoms with van der Waals surface area (Å²) in [6.07, 6.45) is 8.20. The molecule has 1 saturated carbocycles. The highest BCUT2D eigenvalue weighted by atomic mass is 32.2. The zero-order valence-electron chi connectivity index (χ0n) is 18.0.